The second kappa shape index (κ2) is 5.71. The molecule has 1 heteroatoms. The van der Waals surface area contributed by atoms with Crippen LogP contribution in [-0.2, 0) is 11.8 Å². The van der Waals surface area contributed by atoms with E-state index in [2.05, 4.69) is 78.7 Å². The fourth-order valence-corrected chi connectivity index (χ4v) is 5.22. The molecule has 0 amide bonds. The van der Waals surface area contributed by atoms with Gasteiger partial charge in [0.2, 0.25) is 0 Å². The molecule has 0 bridgehead atoms. The van der Waals surface area contributed by atoms with Crippen molar-refractivity contribution in [3.05, 3.63) is 83.5 Å². The Balaban J connectivity index is 1.67. The summed E-state index contributed by atoms with van der Waals surface area (Å²) < 4.78 is 0. The molecule has 0 N–H and O–H groups in total. The van der Waals surface area contributed by atoms with E-state index in [9.17, 15) is 0 Å². The first-order valence-corrected chi connectivity index (χ1v) is 9.52. The van der Waals surface area contributed by atoms with Crippen molar-refractivity contribution in [1.82, 2.24) is 4.90 Å². The molecule has 1 aliphatic heterocycles. The Morgan fingerprint density at radius 3 is 2.40 bits per heavy atom. The fourth-order valence-electron chi connectivity index (χ4n) is 5.22. The minimum atomic E-state index is 0.253. The SMILES string of the molecule is CN1CCC(c2cccc3c2Cc2ccccc2-3)(C2C=CC=C2)CC1. The van der Waals surface area contributed by atoms with Gasteiger partial charge in [0, 0.05) is 11.3 Å². The summed E-state index contributed by atoms with van der Waals surface area (Å²) >= 11 is 0. The molecular formula is C24H25N. The van der Waals surface area contributed by atoms with Crippen LogP contribution in [0.15, 0.2) is 66.8 Å². The molecule has 0 radical (unpaired) electrons. The van der Waals surface area contributed by atoms with Gasteiger partial charge in [0.25, 0.3) is 0 Å². The maximum absolute atomic E-state index is 2.48. The molecule has 2 aliphatic carbocycles. The van der Waals surface area contributed by atoms with Gasteiger partial charge in [-0.3, -0.25) is 0 Å². The fraction of sp³-hybridized carbons (Fsp3) is 0.333. The molecule has 0 saturated carbocycles. The Labute approximate surface area is 150 Å². The van der Waals surface area contributed by atoms with Crippen LogP contribution in [0.2, 0.25) is 0 Å². The van der Waals surface area contributed by atoms with Crippen LogP contribution in [0, 0.1) is 5.92 Å². The number of hydrogen-bond acceptors (Lipinski definition) is 1. The Hall–Kier alpha value is -2.12. The summed E-state index contributed by atoms with van der Waals surface area (Å²) in [7, 11) is 2.26. The number of hydrogen-bond donors (Lipinski definition) is 0. The summed E-state index contributed by atoms with van der Waals surface area (Å²) in [6.07, 6.45) is 12.9. The molecular weight excluding hydrogens is 302 g/mol. The summed E-state index contributed by atoms with van der Waals surface area (Å²) in [5.41, 5.74) is 7.85. The smallest absolute Gasteiger partial charge is 0.00779 e. The molecule has 0 atom stereocenters. The predicted molar refractivity (Wildman–Crippen MR) is 105 cm³/mol. The number of fused-ring (bicyclic) bond motifs is 3. The lowest BCUT2D eigenvalue weighted by molar-refractivity contribution is 0.166. The topological polar surface area (TPSA) is 3.24 Å². The van der Waals surface area contributed by atoms with E-state index in [1.165, 1.54) is 42.6 Å². The Morgan fingerprint density at radius 1 is 0.880 bits per heavy atom. The molecule has 25 heavy (non-hydrogen) atoms. The maximum Gasteiger partial charge on any atom is 0.00779 e. The Bertz CT molecular complexity index is 853. The van der Waals surface area contributed by atoms with Crippen molar-refractivity contribution in [3.63, 3.8) is 0 Å². The summed E-state index contributed by atoms with van der Waals surface area (Å²) in [6, 6.07) is 16.0. The number of allylic oxidation sites excluding steroid dienone is 4. The van der Waals surface area contributed by atoms with E-state index in [-0.39, 0.29) is 5.41 Å². The zero-order chi connectivity index (χ0) is 16.9. The van der Waals surface area contributed by atoms with E-state index in [1.54, 1.807) is 11.1 Å². The van der Waals surface area contributed by atoms with E-state index in [0.29, 0.717) is 5.92 Å². The van der Waals surface area contributed by atoms with Gasteiger partial charge in [-0.15, -0.1) is 0 Å². The standard InChI is InChI=1S/C24H25N/c1-25-15-13-24(14-16-25,19-8-3-4-9-19)23-12-6-11-21-20-10-5-2-7-18(20)17-22(21)23/h2-12,19H,13-17H2,1H3. The van der Waals surface area contributed by atoms with E-state index in [4.69, 9.17) is 0 Å². The summed E-state index contributed by atoms with van der Waals surface area (Å²) in [6.45, 7) is 2.38. The van der Waals surface area contributed by atoms with E-state index < -0.39 is 0 Å². The predicted octanol–water partition coefficient (Wildman–Crippen LogP) is 4.96. The second-order valence-corrected chi connectivity index (χ2v) is 7.92. The molecule has 2 aromatic carbocycles. The van der Waals surface area contributed by atoms with E-state index in [1.807, 2.05) is 0 Å². The van der Waals surface area contributed by atoms with Gasteiger partial charge in [-0.2, -0.15) is 0 Å². The highest BCUT2D eigenvalue weighted by Gasteiger charge is 2.43. The van der Waals surface area contributed by atoms with Gasteiger partial charge in [-0.1, -0.05) is 66.8 Å². The van der Waals surface area contributed by atoms with Crippen molar-refractivity contribution < 1.29 is 0 Å². The highest BCUT2D eigenvalue weighted by Crippen LogP contribution is 2.49. The highest BCUT2D eigenvalue weighted by atomic mass is 15.1. The van der Waals surface area contributed by atoms with Crippen LogP contribution in [0.4, 0.5) is 0 Å². The molecule has 126 valence electrons. The second-order valence-electron chi connectivity index (χ2n) is 7.92. The largest absolute Gasteiger partial charge is 0.306 e. The number of rotatable bonds is 2. The van der Waals surface area contributed by atoms with Gasteiger partial charge in [-0.25, -0.2) is 0 Å². The molecule has 1 fully saturated rings. The molecule has 0 unspecified atom stereocenters. The lowest BCUT2D eigenvalue weighted by atomic mass is 9.63. The average molecular weight is 327 g/mol. The van der Waals surface area contributed by atoms with Crippen molar-refractivity contribution in [3.8, 4) is 11.1 Å². The molecule has 3 aliphatic rings. The van der Waals surface area contributed by atoms with Crippen LogP contribution >= 0.6 is 0 Å². The molecule has 0 spiro atoms. The van der Waals surface area contributed by atoms with Crippen LogP contribution in [-0.4, -0.2) is 25.0 Å². The zero-order valence-corrected chi connectivity index (χ0v) is 14.9. The minimum Gasteiger partial charge on any atom is -0.306 e. The maximum atomic E-state index is 2.48. The monoisotopic (exact) mass is 327 g/mol. The first-order valence-electron chi connectivity index (χ1n) is 9.52. The summed E-state index contributed by atoms with van der Waals surface area (Å²) in [5, 5.41) is 0. The van der Waals surface area contributed by atoms with Crippen LogP contribution < -0.4 is 0 Å². The lowest BCUT2D eigenvalue weighted by Gasteiger charge is -2.45. The van der Waals surface area contributed by atoms with Gasteiger partial charge in [-0.05, 0) is 67.2 Å². The van der Waals surface area contributed by atoms with Crippen molar-refractivity contribution >= 4 is 0 Å². The summed E-state index contributed by atoms with van der Waals surface area (Å²) in [5.74, 6) is 0.538. The molecule has 1 nitrogen and oxygen atoms in total. The van der Waals surface area contributed by atoms with Crippen LogP contribution in [0.1, 0.15) is 29.5 Å². The minimum absolute atomic E-state index is 0.253. The normalized spacial score (nSPS) is 21.5. The van der Waals surface area contributed by atoms with E-state index in [0.717, 1.165) is 6.42 Å². The number of benzene rings is 2. The van der Waals surface area contributed by atoms with Gasteiger partial charge in [0.05, 0.1) is 0 Å². The highest BCUT2D eigenvalue weighted by molar-refractivity contribution is 5.78. The lowest BCUT2D eigenvalue weighted by Crippen LogP contribution is -2.45. The van der Waals surface area contributed by atoms with Crippen molar-refractivity contribution in [2.45, 2.75) is 24.7 Å². The van der Waals surface area contributed by atoms with Crippen LogP contribution in [0.25, 0.3) is 11.1 Å². The van der Waals surface area contributed by atoms with Crippen LogP contribution in [0.3, 0.4) is 0 Å². The number of nitrogens with zero attached hydrogens (tertiary/aromatic N) is 1. The Kier molecular flexibility index (Phi) is 3.46. The third-order valence-corrected chi connectivity index (χ3v) is 6.65. The molecule has 0 aromatic heterocycles. The molecule has 1 saturated heterocycles. The van der Waals surface area contributed by atoms with Gasteiger partial charge >= 0.3 is 0 Å². The van der Waals surface area contributed by atoms with E-state index >= 15 is 0 Å². The third kappa shape index (κ3) is 2.26. The van der Waals surface area contributed by atoms with Crippen molar-refractivity contribution in [2.75, 3.05) is 20.1 Å². The Morgan fingerprint density at radius 2 is 1.60 bits per heavy atom. The average Bonchev–Trinajstić information content (AvgIpc) is 3.30. The first kappa shape index (κ1) is 15.2. The zero-order valence-electron chi connectivity index (χ0n) is 14.9. The third-order valence-electron chi connectivity index (χ3n) is 6.65. The van der Waals surface area contributed by atoms with Crippen LogP contribution in [0.5, 0.6) is 0 Å². The molecule has 1 heterocycles. The number of likely N-dealkylation sites (tertiary alicyclic amines) is 1. The quantitative estimate of drug-likeness (QED) is 0.643. The van der Waals surface area contributed by atoms with Crippen molar-refractivity contribution in [1.29, 1.82) is 0 Å². The first-order chi connectivity index (χ1) is 12.3. The van der Waals surface area contributed by atoms with Gasteiger partial charge < -0.3 is 4.90 Å². The van der Waals surface area contributed by atoms with Crippen molar-refractivity contribution in [2.24, 2.45) is 5.92 Å². The molecule has 5 rings (SSSR count). The molecule has 2 aromatic rings. The van der Waals surface area contributed by atoms with Gasteiger partial charge in [0.1, 0.15) is 0 Å². The summed E-state index contributed by atoms with van der Waals surface area (Å²) in [4.78, 5) is 2.48. The van der Waals surface area contributed by atoms with Gasteiger partial charge in [0.15, 0.2) is 0 Å². The number of piperidine rings is 1.